The highest BCUT2D eigenvalue weighted by Crippen LogP contribution is 2.28. The highest BCUT2D eigenvalue weighted by atomic mass is 35.5. The molecule has 23 heavy (non-hydrogen) atoms. The molecule has 0 aliphatic heterocycles. The van der Waals surface area contributed by atoms with Crippen LogP contribution in [-0.2, 0) is 4.74 Å². The fraction of sp³-hybridized carbons (Fsp3) is 0.125. The maximum absolute atomic E-state index is 11.9. The van der Waals surface area contributed by atoms with Gasteiger partial charge in [0.25, 0.3) is 0 Å². The minimum atomic E-state index is -0.452. The van der Waals surface area contributed by atoms with Crippen LogP contribution in [0.1, 0.15) is 10.5 Å². The van der Waals surface area contributed by atoms with Crippen molar-refractivity contribution in [3.8, 4) is 15.6 Å². The van der Waals surface area contributed by atoms with Crippen LogP contribution in [0.15, 0.2) is 47.2 Å². The summed E-state index contributed by atoms with van der Waals surface area (Å²) in [7, 11) is 0. The molecular weight excluding hydrogens is 354 g/mol. The third-order valence-corrected chi connectivity index (χ3v) is 5.05. The summed E-state index contributed by atoms with van der Waals surface area (Å²) in [6.45, 7) is 0.368. The lowest BCUT2D eigenvalue weighted by molar-refractivity contribution is 0.0445. The number of hydrogen-bond donors (Lipinski definition) is 0. The van der Waals surface area contributed by atoms with Crippen LogP contribution >= 0.6 is 34.3 Å². The molecule has 2 aromatic heterocycles. The Bertz CT molecular complexity index is 786. The molecule has 118 valence electrons. The van der Waals surface area contributed by atoms with Crippen LogP contribution < -0.4 is 4.74 Å². The first-order valence-electron chi connectivity index (χ1n) is 6.78. The molecule has 0 amide bonds. The molecule has 0 atom stereocenters. The number of aromatic nitrogens is 1. The molecule has 0 saturated carbocycles. The second-order valence-electron chi connectivity index (χ2n) is 4.43. The highest BCUT2D eigenvalue weighted by molar-refractivity contribution is 7.20. The van der Waals surface area contributed by atoms with Gasteiger partial charge in [0.2, 0.25) is 0 Å². The molecule has 4 nitrogen and oxygen atoms in total. The van der Waals surface area contributed by atoms with E-state index in [1.165, 1.54) is 11.3 Å². The molecule has 7 heteroatoms. The van der Waals surface area contributed by atoms with Gasteiger partial charge in [-0.15, -0.1) is 22.7 Å². The SMILES string of the molecule is O=C(OCCOc1ccccc1Cl)c1csc(-c2cccs2)n1. The van der Waals surface area contributed by atoms with Crippen molar-refractivity contribution in [2.45, 2.75) is 0 Å². The zero-order valence-corrected chi connectivity index (χ0v) is 14.3. The van der Waals surface area contributed by atoms with Crippen molar-refractivity contribution in [3.05, 3.63) is 57.9 Å². The fourth-order valence-corrected chi connectivity index (χ4v) is 3.60. The van der Waals surface area contributed by atoms with Gasteiger partial charge in [0.05, 0.1) is 9.90 Å². The van der Waals surface area contributed by atoms with Crippen LogP contribution in [0.25, 0.3) is 9.88 Å². The van der Waals surface area contributed by atoms with Crippen LogP contribution in [0.3, 0.4) is 0 Å². The summed E-state index contributed by atoms with van der Waals surface area (Å²) in [5.41, 5.74) is 0.316. The lowest BCUT2D eigenvalue weighted by atomic mass is 10.3. The summed E-state index contributed by atoms with van der Waals surface area (Å²) in [6, 6.07) is 11.1. The summed E-state index contributed by atoms with van der Waals surface area (Å²) in [4.78, 5) is 17.3. The third-order valence-electron chi connectivity index (χ3n) is 2.86. The lowest BCUT2D eigenvalue weighted by Crippen LogP contribution is -2.12. The van der Waals surface area contributed by atoms with Gasteiger partial charge >= 0.3 is 5.97 Å². The number of rotatable bonds is 6. The number of benzene rings is 1. The molecule has 0 unspecified atom stereocenters. The van der Waals surface area contributed by atoms with Crippen LogP contribution in [0, 0.1) is 0 Å². The Morgan fingerprint density at radius 3 is 2.78 bits per heavy atom. The van der Waals surface area contributed by atoms with Gasteiger partial charge in [0.1, 0.15) is 24.0 Å². The first kappa shape index (κ1) is 16.0. The molecular formula is C16H12ClNO3S2. The number of halogens is 1. The van der Waals surface area contributed by atoms with E-state index in [-0.39, 0.29) is 13.2 Å². The Morgan fingerprint density at radius 1 is 1.13 bits per heavy atom. The van der Waals surface area contributed by atoms with Crippen molar-refractivity contribution in [1.82, 2.24) is 4.98 Å². The Hall–Kier alpha value is -1.89. The zero-order chi connectivity index (χ0) is 16.1. The van der Waals surface area contributed by atoms with E-state index in [0.717, 1.165) is 9.88 Å². The first-order chi connectivity index (χ1) is 11.2. The average molecular weight is 366 g/mol. The number of carbonyl (C=O) groups is 1. The van der Waals surface area contributed by atoms with Gasteiger partial charge in [-0.3, -0.25) is 0 Å². The second kappa shape index (κ2) is 7.59. The van der Waals surface area contributed by atoms with Gasteiger partial charge < -0.3 is 9.47 Å². The summed E-state index contributed by atoms with van der Waals surface area (Å²) >= 11 is 8.98. The minimum absolute atomic E-state index is 0.135. The Balaban J connectivity index is 1.49. The number of ether oxygens (including phenoxy) is 2. The largest absolute Gasteiger partial charge is 0.488 e. The van der Waals surface area contributed by atoms with Crippen LogP contribution in [-0.4, -0.2) is 24.2 Å². The molecule has 0 N–H and O–H groups in total. The van der Waals surface area contributed by atoms with Gasteiger partial charge in [-0.1, -0.05) is 29.8 Å². The topological polar surface area (TPSA) is 48.4 Å². The van der Waals surface area contributed by atoms with Crippen molar-refractivity contribution in [2.24, 2.45) is 0 Å². The number of esters is 1. The Morgan fingerprint density at radius 2 is 2.00 bits per heavy atom. The third kappa shape index (κ3) is 4.10. The molecule has 0 aliphatic rings. The van der Waals surface area contributed by atoms with E-state index in [4.69, 9.17) is 21.1 Å². The normalized spacial score (nSPS) is 10.5. The molecule has 1 aromatic carbocycles. The van der Waals surface area contributed by atoms with E-state index in [2.05, 4.69) is 4.98 Å². The van der Waals surface area contributed by atoms with Crippen LogP contribution in [0.4, 0.5) is 0 Å². The van der Waals surface area contributed by atoms with Gasteiger partial charge in [-0.25, -0.2) is 9.78 Å². The van der Waals surface area contributed by atoms with E-state index in [1.807, 2.05) is 29.6 Å². The second-order valence-corrected chi connectivity index (χ2v) is 6.64. The average Bonchev–Trinajstić information content (AvgIpc) is 3.23. The summed E-state index contributed by atoms with van der Waals surface area (Å²) in [5, 5.41) is 5.02. The quantitative estimate of drug-likeness (QED) is 0.466. The Kier molecular flexibility index (Phi) is 5.27. The molecule has 2 heterocycles. The maximum Gasteiger partial charge on any atom is 0.357 e. The zero-order valence-electron chi connectivity index (χ0n) is 11.9. The van der Waals surface area contributed by atoms with Crippen molar-refractivity contribution in [3.63, 3.8) is 0 Å². The van der Waals surface area contributed by atoms with Crippen molar-refractivity contribution in [1.29, 1.82) is 0 Å². The molecule has 0 spiro atoms. The molecule has 0 bridgehead atoms. The fourth-order valence-electron chi connectivity index (χ4n) is 1.80. The number of thiazole rings is 1. The highest BCUT2D eigenvalue weighted by Gasteiger charge is 2.13. The van der Waals surface area contributed by atoms with E-state index in [0.29, 0.717) is 16.5 Å². The molecule has 0 aliphatic carbocycles. The number of hydrogen-bond acceptors (Lipinski definition) is 6. The van der Waals surface area contributed by atoms with Crippen molar-refractivity contribution in [2.75, 3.05) is 13.2 Å². The molecule has 0 radical (unpaired) electrons. The molecule has 0 saturated heterocycles. The molecule has 3 aromatic rings. The van der Waals surface area contributed by atoms with Crippen LogP contribution in [0.5, 0.6) is 5.75 Å². The predicted molar refractivity (Wildman–Crippen MR) is 92.7 cm³/mol. The van der Waals surface area contributed by atoms with Crippen LogP contribution in [0.2, 0.25) is 5.02 Å². The number of thiophene rings is 1. The summed E-state index contributed by atoms with van der Waals surface area (Å²) < 4.78 is 10.6. The van der Waals surface area contributed by atoms with Gasteiger partial charge in [0.15, 0.2) is 5.69 Å². The first-order valence-corrected chi connectivity index (χ1v) is 8.91. The molecule has 3 rings (SSSR count). The minimum Gasteiger partial charge on any atom is -0.488 e. The van der Waals surface area contributed by atoms with Gasteiger partial charge in [0, 0.05) is 5.38 Å². The number of nitrogens with zero attached hydrogens (tertiary/aromatic N) is 1. The van der Waals surface area contributed by atoms with Gasteiger partial charge in [-0.05, 0) is 23.6 Å². The molecule has 0 fully saturated rings. The van der Waals surface area contributed by atoms with Crippen molar-refractivity contribution < 1.29 is 14.3 Å². The maximum atomic E-state index is 11.9. The van der Waals surface area contributed by atoms with Crippen molar-refractivity contribution >= 4 is 40.2 Å². The predicted octanol–water partition coefficient (Wildman–Crippen LogP) is 4.76. The van der Waals surface area contributed by atoms with E-state index < -0.39 is 5.97 Å². The van der Waals surface area contributed by atoms with Gasteiger partial charge in [-0.2, -0.15) is 0 Å². The van der Waals surface area contributed by atoms with E-state index >= 15 is 0 Å². The standard InChI is InChI=1S/C16H12ClNO3S2/c17-11-4-1-2-5-13(11)20-7-8-21-16(19)12-10-23-15(18-12)14-6-3-9-22-14/h1-6,9-10H,7-8H2. The smallest absolute Gasteiger partial charge is 0.357 e. The van der Waals surface area contributed by atoms with E-state index in [1.54, 1.807) is 28.8 Å². The Labute approximate surface area is 146 Å². The van der Waals surface area contributed by atoms with E-state index in [9.17, 15) is 4.79 Å². The number of para-hydroxylation sites is 1. The summed E-state index contributed by atoms with van der Waals surface area (Å²) in [5.74, 6) is 0.116. The monoisotopic (exact) mass is 365 g/mol. The lowest BCUT2D eigenvalue weighted by Gasteiger charge is -2.07. The number of carbonyl (C=O) groups excluding carboxylic acids is 1. The summed E-state index contributed by atoms with van der Waals surface area (Å²) in [6.07, 6.45) is 0.